The molecule has 4 heterocycles. The van der Waals surface area contributed by atoms with Gasteiger partial charge in [0.05, 0.1) is 12.2 Å². The Morgan fingerprint density at radius 3 is 2.26 bits per heavy atom. The standard InChI is InChI=1S/C24H29F2N7O/c25-19-1-2-21(26)20(13-19)22(18-14-29-30-15-18)31-9-11-33(12-10-31)24-23(27-5-6-28-24)32-7-3-17(16-34)4-8-32/h1-2,5-6,13-15,17,22,34H,3-4,7-12,16H2,(H,29,30). The summed E-state index contributed by atoms with van der Waals surface area (Å²) in [5, 5.41) is 16.3. The van der Waals surface area contributed by atoms with Crippen LogP contribution in [0, 0.1) is 17.6 Å². The van der Waals surface area contributed by atoms with E-state index >= 15 is 0 Å². The average molecular weight is 470 g/mol. The second kappa shape index (κ2) is 10.0. The molecule has 5 rings (SSSR count). The molecule has 180 valence electrons. The number of hydrogen-bond donors (Lipinski definition) is 2. The van der Waals surface area contributed by atoms with Crippen molar-refractivity contribution in [1.29, 1.82) is 0 Å². The minimum Gasteiger partial charge on any atom is -0.396 e. The highest BCUT2D eigenvalue weighted by molar-refractivity contribution is 5.62. The molecule has 2 aromatic heterocycles. The fourth-order valence-corrected chi connectivity index (χ4v) is 5.01. The van der Waals surface area contributed by atoms with E-state index in [1.165, 1.54) is 12.1 Å². The van der Waals surface area contributed by atoms with Crippen molar-refractivity contribution >= 4 is 11.6 Å². The quantitative estimate of drug-likeness (QED) is 0.574. The van der Waals surface area contributed by atoms with Gasteiger partial charge in [0, 0.05) is 75.6 Å². The Hall–Kier alpha value is -3.11. The molecule has 0 spiro atoms. The van der Waals surface area contributed by atoms with Gasteiger partial charge in [-0.15, -0.1) is 0 Å². The smallest absolute Gasteiger partial charge is 0.172 e. The number of aliphatic hydroxyl groups excluding tert-OH is 1. The first-order valence-electron chi connectivity index (χ1n) is 11.7. The molecule has 1 aromatic carbocycles. The molecule has 2 N–H and O–H groups in total. The fraction of sp³-hybridized carbons (Fsp3) is 0.458. The topological polar surface area (TPSA) is 84.4 Å². The van der Waals surface area contributed by atoms with E-state index in [1.807, 2.05) is 0 Å². The van der Waals surface area contributed by atoms with Gasteiger partial charge in [0.1, 0.15) is 11.6 Å². The van der Waals surface area contributed by atoms with Gasteiger partial charge in [0.2, 0.25) is 0 Å². The van der Waals surface area contributed by atoms with Crippen molar-refractivity contribution < 1.29 is 13.9 Å². The number of rotatable bonds is 6. The van der Waals surface area contributed by atoms with Crippen LogP contribution in [0.5, 0.6) is 0 Å². The maximum absolute atomic E-state index is 14.7. The third kappa shape index (κ3) is 4.60. The number of H-pyrrole nitrogens is 1. The van der Waals surface area contributed by atoms with Crippen LogP contribution in [-0.4, -0.2) is 76.0 Å². The lowest BCUT2D eigenvalue weighted by Crippen LogP contribution is -2.49. The van der Waals surface area contributed by atoms with Crippen molar-refractivity contribution in [3.05, 3.63) is 65.7 Å². The van der Waals surface area contributed by atoms with Crippen molar-refractivity contribution in [2.75, 3.05) is 55.7 Å². The molecule has 1 atom stereocenters. The number of aliphatic hydroxyl groups is 1. The number of piperidine rings is 1. The molecule has 2 fully saturated rings. The predicted molar refractivity (Wildman–Crippen MR) is 125 cm³/mol. The first-order chi connectivity index (χ1) is 16.6. The van der Waals surface area contributed by atoms with Crippen LogP contribution in [0.1, 0.15) is 30.0 Å². The highest BCUT2D eigenvalue weighted by Gasteiger charge is 2.31. The van der Waals surface area contributed by atoms with Gasteiger partial charge in [-0.1, -0.05) is 0 Å². The molecule has 0 aliphatic carbocycles. The Balaban J connectivity index is 1.34. The van der Waals surface area contributed by atoms with Gasteiger partial charge in [0.15, 0.2) is 11.6 Å². The Morgan fingerprint density at radius 1 is 0.971 bits per heavy atom. The van der Waals surface area contributed by atoms with E-state index < -0.39 is 17.7 Å². The zero-order chi connectivity index (χ0) is 23.5. The van der Waals surface area contributed by atoms with Crippen LogP contribution in [0.25, 0.3) is 0 Å². The van der Waals surface area contributed by atoms with Crippen LogP contribution >= 0.6 is 0 Å². The highest BCUT2D eigenvalue weighted by atomic mass is 19.1. The van der Waals surface area contributed by atoms with E-state index in [9.17, 15) is 13.9 Å². The lowest BCUT2D eigenvalue weighted by atomic mass is 9.98. The SMILES string of the molecule is OCC1CCN(c2nccnc2N2CCN(C(c3cn[nH]c3)c3cc(F)ccc3F)CC2)CC1. The molecular formula is C24H29F2N7O. The van der Waals surface area contributed by atoms with Gasteiger partial charge >= 0.3 is 0 Å². The van der Waals surface area contributed by atoms with Gasteiger partial charge in [-0.3, -0.25) is 10.00 Å². The van der Waals surface area contributed by atoms with Crippen LogP contribution in [0.15, 0.2) is 43.0 Å². The minimum atomic E-state index is -0.460. The maximum atomic E-state index is 14.7. The number of benzene rings is 1. The molecule has 2 saturated heterocycles. The van der Waals surface area contributed by atoms with Crippen LogP contribution in [-0.2, 0) is 0 Å². The second-order valence-corrected chi connectivity index (χ2v) is 8.94. The Labute approximate surface area is 197 Å². The molecule has 10 heteroatoms. The molecule has 2 aliphatic heterocycles. The van der Waals surface area contributed by atoms with Gasteiger partial charge in [0.25, 0.3) is 0 Å². The molecule has 0 amide bonds. The third-order valence-corrected chi connectivity index (χ3v) is 6.90. The lowest BCUT2D eigenvalue weighted by molar-refractivity contribution is 0.202. The maximum Gasteiger partial charge on any atom is 0.172 e. The van der Waals surface area contributed by atoms with Crippen molar-refractivity contribution in [2.24, 2.45) is 5.92 Å². The van der Waals surface area contributed by atoms with E-state index in [-0.39, 0.29) is 6.61 Å². The summed E-state index contributed by atoms with van der Waals surface area (Å²) in [5.74, 6) is 1.18. The zero-order valence-electron chi connectivity index (χ0n) is 18.9. The summed E-state index contributed by atoms with van der Waals surface area (Å²) in [6.45, 7) is 4.58. The lowest BCUT2D eigenvalue weighted by Gasteiger charge is -2.41. The van der Waals surface area contributed by atoms with E-state index in [0.717, 1.165) is 49.2 Å². The Bertz CT molecular complexity index is 1080. The number of aromatic amines is 1. The molecule has 0 saturated carbocycles. The largest absolute Gasteiger partial charge is 0.396 e. The third-order valence-electron chi connectivity index (χ3n) is 6.90. The predicted octanol–water partition coefficient (Wildman–Crippen LogP) is 2.60. The van der Waals surface area contributed by atoms with E-state index in [0.29, 0.717) is 37.7 Å². The summed E-state index contributed by atoms with van der Waals surface area (Å²) in [7, 11) is 0. The second-order valence-electron chi connectivity index (χ2n) is 8.94. The van der Waals surface area contributed by atoms with E-state index in [4.69, 9.17) is 0 Å². The highest BCUT2D eigenvalue weighted by Crippen LogP contribution is 2.34. The molecule has 2 aliphatic rings. The van der Waals surface area contributed by atoms with Gasteiger partial charge in [-0.05, 0) is 37.0 Å². The molecule has 0 bridgehead atoms. The molecule has 3 aromatic rings. The van der Waals surface area contributed by atoms with Crippen molar-refractivity contribution in [3.63, 3.8) is 0 Å². The normalized spacial score (nSPS) is 18.9. The number of nitrogens with zero attached hydrogens (tertiary/aromatic N) is 6. The number of piperazine rings is 1. The summed E-state index contributed by atoms with van der Waals surface area (Å²) in [5.41, 5.74) is 1.10. The number of anilines is 2. The van der Waals surface area contributed by atoms with Gasteiger partial charge in [-0.2, -0.15) is 5.10 Å². The van der Waals surface area contributed by atoms with Crippen LogP contribution in [0.4, 0.5) is 20.4 Å². The Kier molecular flexibility index (Phi) is 6.68. The summed E-state index contributed by atoms with van der Waals surface area (Å²) in [6, 6.07) is 3.16. The first-order valence-corrected chi connectivity index (χ1v) is 11.7. The monoisotopic (exact) mass is 469 g/mol. The number of halogens is 2. The molecular weight excluding hydrogens is 440 g/mol. The molecule has 8 nitrogen and oxygen atoms in total. The molecule has 34 heavy (non-hydrogen) atoms. The van der Waals surface area contributed by atoms with Gasteiger partial charge < -0.3 is 14.9 Å². The first kappa shape index (κ1) is 22.7. The number of aromatic nitrogens is 4. The number of hydrogen-bond acceptors (Lipinski definition) is 7. The summed E-state index contributed by atoms with van der Waals surface area (Å²) < 4.78 is 28.8. The van der Waals surface area contributed by atoms with Gasteiger partial charge in [-0.25, -0.2) is 18.7 Å². The van der Waals surface area contributed by atoms with E-state index in [1.54, 1.807) is 24.8 Å². The van der Waals surface area contributed by atoms with Crippen LogP contribution < -0.4 is 9.80 Å². The molecule has 1 unspecified atom stereocenters. The van der Waals surface area contributed by atoms with Crippen molar-refractivity contribution in [1.82, 2.24) is 25.1 Å². The average Bonchev–Trinajstić information content (AvgIpc) is 3.41. The summed E-state index contributed by atoms with van der Waals surface area (Å²) in [6.07, 6.45) is 8.70. The fourth-order valence-electron chi connectivity index (χ4n) is 5.01. The summed E-state index contributed by atoms with van der Waals surface area (Å²) >= 11 is 0. The number of nitrogens with one attached hydrogen (secondary N) is 1. The Morgan fingerprint density at radius 2 is 1.65 bits per heavy atom. The van der Waals surface area contributed by atoms with Crippen LogP contribution in [0.2, 0.25) is 0 Å². The van der Waals surface area contributed by atoms with Crippen LogP contribution in [0.3, 0.4) is 0 Å². The van der Waals surface area contributed by atoms with Crippen molar-refractivity contribution in [2.45, 2.75) is 18.9 Å². The minimum absolute atomic E-state index is 0.229. The van der Waals surface area contributed by atoms with Crippen molar-refractivity contribution in [3.8, 4) is 0 Å². The summed E-state index contributed by atoms with van der Waals surface area (Å²) in [4.78, 5) is 15.9. The zero-order valence-corrected chi connectivity index (χ0v) is 18.9. The molecule has 0 radical (unpaired) electrons. The van der Waals surface area contributed by atoms with E-state index in [2.05, 4.69) is 34.9 Å².